The maximum Gasteiger partial charge on any atom is 0.305 e. The van der Waals surface area contributed by atoms with Crippen molar-refractivity contribution in [3.63, 3.8) is 0 Å². The maximum atomic E-state index is 10.4. The number of hydrogen-bond acceptors (Lipinski definition) is 4. The van der Waals surface area contributed by atoms with E-state index in [4.69, 9.17) is 10.2 Å². The number of carbonyl (C=O) groups excluding carboxylic acids is 1. The van der Waals surface area contributed by atoms with Crippen molar-refractivity contribution in [2.45, 2.75) is 13.3 Å². The molecule has 0 radical (unpaired) electrons. The molecule has 4 nitrogen and oxygen atoms in total. The quantitative estimate of drug-likeness (QED) is 0.458. The highest BCUT2D eigenvalue weighted by atomic mass is 16.5. The fraction of sp³-hybridized carbons (Fsp3) is 0.500. The highest BCUT2D eigenvalue weighted by Crippen LogP contribution is 1.90. The predicted molar refractivity (Wildman–Crippen MR) is 34.6 cm³/mol. The summed E-state index contributed by atoms with van der Waals surface area (Å²) in [6, 6.07) is 0. The SMILES string of the molecule is CCC(=O)OCC(O)=CO. The third-order valence-electron chi connectivity index (χ3n) is 0.819. The molecule has 0 aromatic rings. The molecule has 0 saturated carbocycles. The number of aliphatic hydroxyl groups excluding tert-OH is 2. The summed E-state index contributed by atoms with van der Waals surface area (Å²) in [7, 11) is 0. The van der Waals surface area contributed by atoms with Crippen LogP contribution in [0.5, 0.6) is 0 Å². The van der Waals surface area contributed by atoms with Gasteiger partial charge in [-0.25, -0.2) is 0 Å². The van der Waals surface area contributed by atoms with Gasteiger partial charge in [-0.15, -0.1) is 0 Å². The van der Waals surface area contributed by atoms with Gasteiger partial charge in [-0.05, 0) is 0 Å². The Kier molecular flexibility index (Phi) is 4.11. The molecule has 0 atom stereocenters. The molecule has 0 unspecified atom stereocenters. The van der Waals surface area contributed by atoms with Gasteiger partial charge in [0.1, 0.15) is 6.26 Å². The molecule has 0 saturated heterocycles. The van der Waals surface area contributed by atoms with E-state index >= 15 is 0 Å². The van der Waals surface area contributed by atoms with Crippen molar-refractivity contribution in [3.8, 4) is 0 Å². The van der Waals surface area contributed by atoms with E-state index in [0.29, 0.717) is 6.26 Å². The zero-order valence-electron chi connectivity index (χ0n) is 5.70. The smallest absolute Gasteiger partial charge is 0.305 e. The second kappa shape index (κ2) is 4.67. The van der Waals surface area contributed by atoms with Crippen molar-refractivity contribution >= 4 is 5.97 Å². The summed E-state index contributed by atoms with van der Waals surface area (Å²) in [5.41, 5.74) is 0. The summed E-state index contributed by atoms with van der Waals surface area (Å²) in [4.78, 5) is 10.4. The summed E-state index contributed by atoms with van der Waals surface area (Å²) < 4.78 is 4.43. The van der Waals surface area contributed by atoms with Gasteiger partial charge in [0, 0.05) is 6.42 Å². The Morgan fingerprint density at radius 1 is 1.70 bits per heavy atom. The third-order valence-corrected chi connectivity index (χ3v) is 0.819. The predicted octanol–water partition coefficient (Wildman–Crippen LogP) is 0.897. The highest BCUT2D eigenvalue weighted by molar-refractivity contribution is 5.68. The van der Waals surface area contributed by atoms with Crippen LogP contribution in [0.1, 0.15) is 13.3 Å². The molecule has 0 fully saturated rings. The van der Waals surface area contributed by atoms with Gasteiger partial charge in [0.2, 0.25) is 0 Å². The molecule has 2 N–H and O–H groups in total. The minimum atomic E-state index is -0.409. The first-order valence-corrected chi connectivity index (χ1v) is 2.88. The van der Waals surface area contributed by atoms with Crippen molar-refractivity contribution in [3.05, 3.63) is 12.0 Å². The van der Waals surface area contributed by atoms with Crippen molar-refractivity contribution in [1.29, 1.82) is 0 Å². The van der Waals surface area contributed by atoms with E-state index in [1.165, 1.54) is 0 Å². The molecule has 10 heavy (non-hydrogen) atoms. The van der Waals surface area contributed by atoms with Gasteiger partial charge >= 0.3 is 5.97 Å². The molecule has 4 heteroatoms. The minimum Gasteiger partial charge on any atom is -0.512 e. The number of aliphatic hydroxyl groups is 2. The van der Waals surface area contributed by atoms with E-state index in [9.17, 15) is 4.79 Å². The molecule has 58 valence electrons. The molecule has 0 amide bonds. The van der Waals surface area contributed by atoms with Crippen LogP contribution in [-0.2, 0) is 9.53 Å². The van der Waals surface area contributed by atoms with Gasteiger partial charge < -0.3 is 14.9 Å². The number of esters is 1. The zero-order valence-corrected chi connectivity index (χ0v) is 5.70. The van der Waals surface area contributed by atoms with Crippen molar-refractivity contribution < 1.29 is 19.7 Å². The normalized spacial score (nSPS) is 11.1. The summed E-state index contributed by atoms with van der Waals surface area (Å²) >= 11 is 0. The van der Waals surface area contributed by atoms with Gasteiger partial charge in [0.15, 0.2) is 12.4 Å². The van der Waals surface area contributed by atoms with Crippen LogP contribution < -0.4 is 0 Å². The Balaban J connectivity index is 3.45. The average Bonchev–Trinajstić information content (AvgIpc) is 1.99. The van der Waals surface area contributed by atoms with E-state index in [-0.39, 0.29) is 18.8 Å². The monoisotopic (exact) mass is 146 g/mol. The minimum absolute atomic E-state index is 0.261. The molecule has 0 bridgehead atoms. The van der Waals surface area contributed by atoms with E-state index in [0.717, 1.165) is 0 Å². The van der Waals surface area contributed by atoms with Crippen molar-refractivity contribution in [2.24, 2.45) is 0 Å². The molecular weight excluding hydrogens is 136 g/mol. The van der Waals surface area contributed by atoms with Crippen LogP contribution in [-0.4, -0.2) is 22.8 Å². The van der Waals surface area contributed by atoms with Crippen LogP contribution in [0.15, 0.2) is 12.0 Å². The zero-order chi connectivity index (χ0) is 7.98. The molecule has 0 aliphatic carbocycles. The first-order valence-electron chi connectivity index (χ1n) is 2.88. The standard InChI is InChI=1S/C6H10O4/c1-2-6(9)10-4-5(8)3-7/h3,7-8H,2,4H2,1H3. The molecule has 0 heterocycles. The first-order chi connectivity index (χ1) is 4.70. The van der Waals surface area contributed by atoms with Crippen LogP contribution in [0.3, 0.4) is 0 Å². The fourth-order valence-corrected chi connectivity index (χ4v) is 0.294. The molecule has 0 rings (SSSR count). The Labute approximate surface area is 58.7 Å². The van der Waals surface area contributed by atoms with Crippen LogP contribution in [0.25, 0.3) is 0 Å². The largest absolute Gasteiger partial charge is 0.512 e. The number of rotatable bonds is 3. The van der Waals surface area contributed by atoms with Crippen LogP contribution in [0.2, 0.25) is 0 Å². The highest BCUT2D eigenvalue weighted by Gasteiger charge is 1.98. The van der Waals surface area contributed by atoms with Gasteiger partial charge in [0.05, 0.1) is 0 Å². The molecule has 0 aliphatic heterocycles. The first kappa shape index (κ1) is 8.81. The van der Waals surface area contributed by atoms with Crippen LogP contribution in [0.4, 0.5) is 0 Å². The molecule has 0 aliphatic rings. The van der Waals surface area contributed by atoms with Crippen molar-refractivity contribution in [1.82, 2.24) is 0 Å². The molecule has 0 aromatic heterocycles. The Morgan fingerprint density at radius 3 is 2.70 bits per heavy atom. The summed E-state index contributed by atoms with van der Waals surface area (Å²) in [5.74, 6) is -0.768. The average molecular weight is 146 g/mol. The molecule has 0 spiro atoms. The van der Waals surface area contributed by atoms with Gasteiger partial charge in [-0.1, -0.05) is 6.92 Å². The second-order valence-corrected chi connectivity index (χ2v) is 1.63. The Bertz CT molecular complexity index is 139. The van der Waals surface area contributed by atoms with E-state index in [2.05, 4.69) is 4.74 Å². The Hall–Kier alpha value is -1.19. The van der Waals surface area contributed by atoms with Gasteiger partial charge in [-0.3, -0.25) is 4.79 Å². The van der Waals surface area contributed by atoms with Gasteiger partial charge in [-0.2, -0.15) is 0 Å². The number of ether oxygens (including phenoxy) is 1. The lowest BCUT2D eigenvalue weighted by atomic mass is 10.5. The topological polar surface area (TPSA) is 66.8 Å². The lowest BCUT2D eigenvalue weighted by molar-refractivity contribution is -0.143. The maximum absolute atomic E-state index is 10.4. The van der Waals surface area contributed by atoms with Crippen molar-refractivity contribution in [2.75, 3.05) is 6.61 Å². The number of hydrogen-bond donors (Lipinski definition) is 2. The lowest BCUT2D eigenvalue weighted by Crippen LogP contribution is -2.05. The lowest BCUT2D eigenvalue weighted by Gasteiger charge is -1.99. The molecule has 0 aromatic carbocycles. The van der Waals surface area contributed by atoms with E-state index in [1.54, 1.807) is 6.92 Å². The number of carbonyl (C=O) groups is 1. The summed E-state index contributed by atoms with van der Waals surface area (Å²) in [5, 5.41) is 16.7. The van der Waals surface area contributed by atoms with E-state index < -0.39 is 5.97 Å². The van der Waals surface area contributed by atoms with Gasteiger partial charge in [0.25, 0.3) is 0 Å². The second-order valence-electron chi connectivity index (χ2n) is 1.63. The molecular formula is C6H10O4. The third kappa shape index (κ3) is 3.77. The summed E-state index contributed by atoms with van der Waals surface area (Å²) in [6.07, 6.45) is 0.752. The van der Waals surface area contributed by atoms with Crippen LogP contribution in [0, 0.1) is 0 Å². The fourth-order valence-electron chi connectivity index (χ4n) is 0.294. The van der Waals surface area contributed by atoms with Crippen LogP contribution >= 0.6 is 0 Å². The summed E-state index contributed by atoms with van der Waals surface area (Å²) in [6.45, 7) is 1.38. The van der Waals surface area contributed by atoms with E-state index in [1.807, 2.05) is 0 Å². The Morgan fingerprint density at radius 2 is 2.30 bits per heavy atom.